The van der Waals surface area contributed by atoms with E-state index in [9.17, 15) is 4.79 Å². The fourth-order valence-electron chi connectivity index (χ4n) is 3.13. The molecule has 1 amide bonds. The number of hydrogen-bond donors (Lipinski definition) is 0. The molecule has 1 aromatic rings. The van der Waals surface area contributed by atoms with Gasteiger partial charge in [0.1, 0.15) is 17.8 Å². The van der Waals surface area contributed by atoms with Crippen molar-refractivity contribution < 1.29 is 9.53 Å². The predicted molar refractivity (Wildman–Crippen MR) is 82.5 cm³/mol. The van der Waals surface area contributed by atoms with Gasteiger partial charge in [-0.05, 0) is 52.4 Å². The van der Waals surface area contributed by atoms with Crippen molar-refractivity contribution in [1.29, 1.82) is 0 Å². The molecule has 0 aromatic carbocycles. The molecular weight excluding hydrogens is 280 g/mol. The van der Waals surface area contributed by atoms with E-state index in [4.69, 9.17) is 4.74 Å². The van der Waals surface area contributed by atoms with Crippen LogP contribution in [0.5, 0.6) is 0 Å². The van der Waals surface area contributed by atoms with Crippen molar-refractivity contribution in [2.45, 2.75) is 58.6 Å². The van der Waals surface area contributed by atoms with Crippen molar-refractivity contribution in [3.8, 4) is 0 Å². The molecule has 22 heavy (non-hydrogen) atoms. The zero-order valence-electron chi connectivity index (χ0n) is 13.8. The Balaban J connectivity index is 1.59. The largest absolute Gasteiger partial charge is 0.368 e. The normalized spacial score (nSPS) is 23.6. The van der Waals surface area contributed by atoms with Crippen molar-refractivity contribution in [3.63, 3.8) is 0 Å². The number of piperidine rings is 1. The van der Waals surface area contributed by atoms with Gasteiger partial charge in [0.15, 0.2) is 0 Å². The van der Waals surface area contributed by atoms with Gasteiger partial charge in [-0.3, -0.25) is 4.79 Å². The van der Waals surface area contributed by atoms with Gasteiger partial charge in [0.05, 0.1) is 12.6 Å². The lowest BCUT2D eigenvalue weighted by molar-refractivity contribution is -0.144. The van der Waals surface area contributed by atoms with Crippen molar-refractivity contribution in [2.24, 2.45) is 5.92 Å². The first-order valence-electron chi connectivity index (χ1n) is 8.34. The molecule has 1 aliphatic heterocycles. The van der Waals surface area contributed by atoms with Crippen LogP contribution in [0.4, 0.5) is 0 Å². The monoisotopic (exact) mass is 306 g/mol. The lowest BCUT2D eigenvalue weighted by Crippen LogP contribution is -2.45. The Morgan fingerprint density at radius 1 is 1.36 bits per heavy atom. The number of ether oxygens (including phenoxy) is 1. The minimum Gasteiger partial charge on any atom is -0.368 e. The van der Waals surface area contributed by atoms with Gasteiger partial charge in [-0.25, -0.2) is 9.67 Å². The molecule has 6 nitrogen and oxygen atoms in total. The summed E-state index contributed by atoms with van der Waals surface area (Å²) in [5, 5.41) is 4.48. The summed E-state index contributed by atoms with van der Waals surface area (Å²) in [5.41, 5.74) is 0. The first-order chi connectivity index (χ1) is 10.5. The molecule has 0 spiro atoms. The van der Waals surface area contributed by atoms with Crippen LogP contribution in [-0.4, -0.2) is 51.4 Å². The first-order valence-corrected chi connectivity index (χ1v) is 8.34. The van der Waals surface area contributed by atoms with E-state index >= 15 is 0 Å². The van der Waals surface area contributed by atoms with Crippen molar-refractivity contribution in [1.82, 2.24) is 19.7 Å². The summed E-state index contributed by atoms with van der Waals surface area (Å²) in [5.74, 6) is 2.52. The number of aromatic nitrogens is 3. The molecule has 0 unspecified atom stereocenters. The second-order valence-corrected chi connectivity index (χ2v) is 6.65. The first kappa shape index (κ1) is 15.5. The molecule has 1 saturated carbocycles. The number of amides is 1. The zero-order valence-corrected chi connectivity index (χ0v) is 13.8. The SMILES string of the molecule is Cc1nc(C)n([C@H]2CCCN(C(=O)[C@H](C)OCC3CC3)C2)n1. The number of aryl methyl sites for hydroxylation is 2. The lowest BCUT2D eigenvalue weighted by Gasteiger charge is -2.34. The van der Waals surface area contributed by atoms with E-state index in [0.717, 1.165) is 37.6 Å². The summed E-state index contributed by atoms with van der Waals surface area (Å²) in [4.78, 5) is 18.9. The highest BCUT2D eigenvalue weighted by molar-refractivity contribution is 5.80. The van der Waals surface area contributed by atoms with Gasteiger partial charge in [0.25, 0.3) is 5.91 Å². The van der Waals surface area contributed by atoms with E-state index in [1.54, 1.807) is 0 Å². The minimum absolute atomic E-state index is 0.111. The maximum absolute atomic E-state index is 12.6. The Morgan fingerprint density at radius 2 is 2.14 bits per heavy atom. The maximum atomic E-state index is 12.6. The van der Waals surface area contributed by atoms with Crippen molar-refractivity contribution in [2.75, 3.05) is 19.7 Å². The number of carbonyl (C=O) groups excluding carboxylic acids is 1. The summed E-state index contributed by atoms with van der Waals surface area (Å²) in [6.45, 7) is 8.01. The van der Waals surface area contributed by atoms with Crippen LogP contribution in [0.3, 0.4) is 0 Å². The highest BCUT2D eigenvalue weighted by atomic mass is 16.5. The van der Waals surface area contributed by atoms with Crippen LogP contribution < -0.4 is 0 Å². The quantitative estimate of drug-likeness (QED) is 0.833. The van der Waals surface area contributed by atoms with Crippen LogP contribution in [0.2, 0.25) is 0 Å². The molecule has 1 aromatic heterocycles. The summed E-state index contributed by atoms with van der Waals surface area (Å²) < 4.78 is 7.70. The second kappa shape index (κ2) is 6.36. The Bertz CT molecular complexity index is 538. The van der Waals surface area contributed by atoms with Crippen molar-refractivity contribution in [3.05, 3.63) is 11.6 Å². The molecule has 2 heterocycles. The molecule has 2 fully saturated rings. The summed E-state index contributed by atoms with van der Waals surface area (Å²) >= 11 is 0. The van der Waals surface area contributed by atoms with E-state index < -0.39 is 0 Å². The average molecular weight is 306 g/mol. The molecule has 6 heteroatoms. The molecule has 2 atom stereocenters. The molecule has 0 N–H and O–H groups in total. The third-order valence-corrected chi connectivity index (χ3v) is 4.59. The van der Waals surface area contributed by atoms with Gasteiger partial charge in [-0.15, -0.1) is 0 Å². The topological polar surface area (TPSA) is 60.2 Å². The van der Waals surface area contributed by atoms with E-state index in [0.29, 0.717) is 12.5 Å². The zero-order chi connectivity index (χ0) is 15.7. The number of likely N-dealkylation sites (tertiary alicyclic amines) is 1. The molecule has 1 aliphatic carbocycles. The molecule has 1 saturated heterocycles. The van der Waals surface area contributed by atoms with Gasteiger partial charge in [0, 0.05) is 13.1 Å². The van der Waals surface area contributed by atoms with Gasteiger partial charge in [0.2, 0.25) is 0 Å². The van der Waals surface area contributed by atoms with Crippen LogP contribution in [0, 0.1) is 19.8 Å². The van der Waals surface area contributed by atoms with Crippen LogP contribution >= 0.6 is 0 Å². The molecular formula is C16H26N4O2. The Kier molecular flexibility index (Phi) is 4.47. The molecule has 0 radical (unpaired) electrons. The molecule has 3 rings (SSSR count). The van der Waals surface area contributed by atoms with E-state index in [-0.39, 0.29) is 18.1 Å². The summed E-state index contributed by atoms with van der Waals surface area (Å²) in [6, 6.07) is 0.231. The summed E-state index contributed by atoms with van der Waals surface area (Å²) in [6.07, 6.45) is 4.21. The Hall–Kier alpha value is -1.43. The number of rotatable bonds is 5. The number of hydrogen-bond acceptors (Lipinski definition) is 4. The van der Waals surface area contributed by atoms with E-state index in [2.05, 4.69) is 10.1 Å². The average Bonchev–Trinajstić information content (AvgIpc) is 3.28. The van der Waals surface area contributed by atoms with Crippen LogP contribution in [0.15, 0.2) is 0 Å². The maximum Gasteiger partial charge on any atom is 0.251 e. The minimum atomic E-state index is -0.335. The fraction of sp³-hybridized carbons (Fsp3) is 0.812. The van der Waals surface area contributed by atoms with Crippen molar-refractivity contribution >= 4 is 5.91 Å². The standard InChI is InChI=1S/C16H26N4O2/c1-11(22-10-14-6-7-14)16(21)19-8-4-5-15(9-19)20-13(3)17-12(2)18-20/h11,14-15H,4-10H2,1-3H3/t11-,15-/m0/s1. The summed E-state index contributed by atoms with van der Waals surface area (Å²) in [7, 11) is 0. The molecule has 122 valence electrons. The molecule has 2 aliphatic rings. The van der Waals surface area contributed by atoms with Crippen LogP contribution in [0.25, 0.3) is 0 Å². The molecule has 0 bridgehead atoms. The highest BCUT2D eigenvalue weighted by Gasteiger charge is 2.30. The van der Waals surface area contributed by atoms with Crippen LogP contribution in [0.1, 0.15) is 50.3 Å². The lowest BCUT2D eigenvalue weighted by atomic mass is 10.1. The van der Waals surface area contributed by atoms with Gasteiger partial charge in [-0.1, -0.05) is 0 Å². The van der Waals surface area contributed by atoms with Gasteiger partial charge >= 0.3 is 0 Å². The highest BCUT2D eigenvalue weighted by Crippen LogP contribution is 2.29. The van der Waals surface area contributed by atoms with Gasteiger partial charge in [-0.2, -0.15) is 5.10 Å². The smallest absolute Gasteiger partial charge is 0.251 e. The number of carbonyl (C=O) groups is 1. The van der Waals surface area contributed by atoms with Crippen LogP contribution in [-0.2, 0) is 9.53 Å². The van der Waals surface area contributed by atoms with E-state index in [1.807, 2.05) is 30.4 Å². The third kappa shape index (κ3) is 3.48. The Labute approximate surface area is 131 Å². The third-order valence-electron chi connectivity index (χ3n) is 4.59. The van der Waals surface area contributed by atoms with E-state index in [1.165, 1.54) is 12.8 Å². The van der Waals surface area contributed by atoms with Gasteiger partial charge < -0.3 is 9.64 Å². The predicted octanol–water partition coefficient (Wildman–Crippen LogP) is 1.87. The Morgan fingerprint density at radius 3 is 2.77 bits per heavy atom. The fourth-order valence-corrected chi connectivity index (χ4v) is 3.13. The second-order valence-electron chi connectivity index (χ2n) is 6.65. The number of nitrogens with zero attached hydrogens (tertiary/aromatic N) is 4.